The Morgan fingerprint density at radius 3 is 2.00 bits per heavy atom. The number of carbonyl (C=O) groups is 4. The quantitative estimate of drug-likeness (QED) is 0.0825. The van der Waals surface area contributed by atoms with E-state index in [1.807, 2.05) is 0 Å². The van der Waals surface area contributed by atoms with Crippen molar-refractivity contribution in [1.82, 2.24) is 29.1 Å². The Labute approximate surface area is 275 Å². The van der Waals surface area contributed by atoms with Gasteiger partial charge in [0, 0.05) is 37.2 Å². The predicted molar refractivity (Wildman–Crippen MR) is 172 cm³/mol. The number of primary amides is 2. The number of aromatic nitrogens is 6. The van der Waals surface area contributed by atoms with Crippen LogP contribution in [-0.2, 0) is 13.1 Å². The molecule has 0 bridgehead atoms. The number of anilines is 2. The van der Waals surface area contributed by atoms with Crippen LogP contribution in [0.4, 0.5) is 11.9 Å². The fourth-order valence-corrected chi connectivity index (χ4v) is 4.91. The first-order valence-electron chi connectivity index (χ1n) is 14.7. The molecule has 0 saturated heterocycles. The summed E-state index contributed by atoms with van der Waals surface area (Å²) < 4.78 is 19.1. The maximum atomic E-state index is 12.9. The highest BCUT2D eigenvalue weighted by Gasteiger charge is 2.21. The predicted octanol–water partition coefficient (Wildman–Crippen LogP) is 2.08. The van der Waals surface area contributed by atoms with E-state index in [1.54, 1.807) is 33.4 Å². The topological polar surface area (TPSA) is 262 Å². The van der Waals surface area contributed by atoms with Crippen LogP contribution < -0.4 is 26.8 Å². The van der Waals surface area contributed by atoms with Gasteiger partial charge in [-0.3, -0.25) is 29.8 Å². The number of benzene rings is 2. The Bertz CT molecular complexity index is 2200. The number of hydrogen-bond acceptors (Lipinski definition) is 12. The summed E-state index contributed by atoms with van der Waals surface area (Å²) in [5, 5.41) is 14.7. The molecule has 18 heteroatoms. The Morgan fingerprint density at radius 2 is 1.41 bits per heavy atom. The second kappa shape index (κ2) is 13.9. The van der Waals surface area contributed by atoms with Crippen LogP contribution in [0, 0.1) is 0 Å². The van der Waals surface area contributed by atoms with Crippen molar-refractivity contribution in [2.45, 2.75) is 19.5 Å². The van der Waals surface area contributed by atoms with Crippen LogP contribution in [0.15, 0.2) is 76.6 Å². The Kier molecular flexibility index (Phi) is 9.11. The standard InChI is InChI=1S/C31H28N10O8/c32-26(43)17-4-5-23-19(10-17)36-30(38-28(45)21-13-47-15-34-21)40(23)6-1-2-7-41-25-20(37-31(41)39-29(46)22-14-48-16-35-22)11-18(27(33)44)12-24(25)49-9-3-8-42/h1-2,4-5,10-16,42H,3,6-9H2,(H2,32,43)(H2,33,44)(H,36,38,45)(H,37,39,46). The summed E-state index contributed by atoms with van der Waals surface area (Å²) in [6, 6.07) is 7.67. The van der Waals surface area contributed by atoms with Crippen molar-refractivity contribution in [3.8, 4) is 5.75 Å². The molecule has 0 aliphatic heterocycles. The van der Waals surface area contributed by atoms with Gasteiger partial charge in [0.2, 0.25) is 23.7 Å². The smallest absolute Gasteiger partial charge is 0.279 e. The maximum Gasteiger partial charge on any atom is 0.279 e. The van der Waals surface area contributed by atoms with Gasteiger partial charge in [-0.1, -0.05) is 12.2 Å². The third-order valence-electron chi connectivity index (χ3n) is 7.21. The molecule has 6 rings (SSSR count). The van der Waals surface area contributed by atoms with Crippen molar-refractivity contribution in [3.63, 3.8) is 0 Å². The van der Waals surface area contributed by atoms with Crippen LogP contribution >= 0.6 is 0 Å². The lowest BCUT2D eigenvalue weighted by molar-refractivity contribution is 0.0992. The lowest BCUT2D eigenvalue weighted by atomic mass is 10.1. The van der Waals surface area contributed by atoms with E-state index in [4.69, 9.17) is 25.0 Å². The number of nitrogens with zero attached hydrogens (tertiary/aromatic N) is 6. The molecule has 49 heavy (non-hydrogen) atoms. The summed E-state index contributed by atoms with van der Waals surface area (Å²) in [6.45, 7) is 0.340. The van der Waals surface area contributed by atoms with Crippen molar-refractivity contribution in [3.05, 3.63) is 90.3 Å². The highest BCUT2D eigenvalue weighted by atomic mass is 16.5. The van der Waals surface area contributed by atoms with Gasteiger partial charge in [-0.2, -0.15) is 0 Å². The number of rotatable bonds is 14. The number of aliphatic hydroxyl groups is 1. The fourth-order valence-electron chi connectivity index (χ4n) is 4.91. The van der Waals surface area contributed by atoms with Crippen LogP contribution in [-0.4, -0.2) is 71.0 Å². The Balaban J connectivity index is 1.35. The van der Waals surface area contributed by atoms with Gasteiger partial charge in [-0.15, -0.1) is 0 Å². The molecule has 6 aromatic rings. The van der Waals surface area contributed by atoms with E-state index in [0.29, 0.717) is 28.5 Å². The summed E-state index contributed by atoms with van der Waals surface area (Å²) in [5.74, 6) is -1.97. The third-order valence-corrected chi connectivity index (χ3v) is 7.21. The molecule has 0 fully saturated rings. The zero-order valence-electron chi connectivity index (χ0n) is 25.5. The third kappa shape index (κ3) is 6.83. The minimum Gasteiger partial charge on any atom is -0.491 e. The molecule has 0 atom stereocenters. The highest BCUT2D eigenvalue weighted by Crippen LogP contribution is 2.31. The zero-order valence-corrected chi connectivity index (χ0v) is 25.5. The summed E-state index contributed by atoms with van der Waals surface area (Å²) in [5.41, 5.74) is 13.2. The normalized spacial score (nSPS) is 11.4. The van der Waals surface area contributed by atoms with E-state index in [9.17, 15) is 24.3 Å². The molecule has 7 N–H and O–H groups in total. The first kappa shape index (κ1) is 32.1. The number of hydrogen-bond donors (Lipinski definition) is 5. The molecule has 0 radical (unpaired) electrons. The lowest BCUT2D eigenvalue weighted by Crippen LogP contribution is -2.16. The van der Waals surface area contributed by atoms with Gasteiger partial charge >= 0.3 is 0 Å². The van der Waals surface area contributed by atoms with Crippen LogP contribution in [0.25, 0.3) is 22.1 Å². The van der Waals surface area contributed by atoms with E-state index in [-0.39, 0.29) is 66.5 Å². The number of amides is 4. The number of allylic oxidation sites excluding steroid dienone is 2. The number of aliphatic hydroxyl groups excluding tert-OH is 1. The molecule has 2 aromatic carbocycles. The molecule has 0 unspecified atom stereocenters. The second-order valence-corrected chi connectivity index (χ2v) is 10.4. The number of nitrogens with two attached hydrogens (primary N) is 2. The maximum absolute atomic E-state index is 12.9. The molecular formula is C31H28N10O8. The second-order valence-electron chi connectivity index (χ2n) is 10.4. The number of nitrogens with one attached hydrogen (secondary N) is 2. The molecule has 4 heterocycles. The van der Waals surface area contributed by atoms with Crippen molar-refractivity contribution in [1.29, 1.82) is 0 Å². The summed E-state index contributed by atoms with van der Waals surface area (Å²) >= 11 is 0. The van der Waals surface area contributed by atoms with E-state index < -0.39 is 23.6 Å². The summed E-state index contributed by atoms with van der Waals surface area (Å²) in [7, 11) is 0. The van der Waals surface area contributed by atoms with E-state index in [0.717, 1.165) is 12.8 Å². The van der Waals surface area contributed by atoms with Gasteiger partial charge in [-0.25, -0.2) is 19.9 Å². The average molecular weight is 669 g/mol. The van der Waals surface area contributed by atoms with Crippen LogP contribution in [0.3, 0.4) is 0 Å². The Morgan fingerprint density at radius 1 is 0.816 bits per heavy atom. The molecule has 4 amide bonds. The van der Waals surface area contributed by atoms with E-state index in [2.05, 4.69) is 30.6 Å². The number of ether oxygens (including phenoxy) is 1. The fraction of sp³-hybridized carbons (Fsp3) is 0.161. The van der Waals surface area contributed by atoms with Crippen LogP contribution in [0.2, 0.25) is 0 Å². The minimum absolute atomic E-state index is 0.0121. The summed E-state index contributed by atoms with van der Waals surface area (Å²) in [6.07, 6.45) is 8.49. The number of carbonyl (C=O) groups excluding carboxylic acids is 4. The lowest BCUT2D eigenvalue weighted by Gasteiger charge is -2.12. The van der Waals surface area contributed by atoms with Crippen LogP contribution in [0.1, 0.15) is 48.1 Å². The molecule has 250 valence electrons. The van der Waals surface area contributed by atoms with E-state index >= 15 is 0 Å². The SMILES string of the molecule is NC(=O)c1ccc2c(c1)nc(NC(=O)c1cocn1)n2CC=CCn1c(NC(=O)c2cocn2)nc2cc(C(N)=O)cc(OCCCO)c21. The highest BCUT2D eigenvalue weighted by molar-refractivity contribution is 6.04. The minimum atomic E-state index is -0.710. The molecule has 0 saturated carbocycles. The number of oxazole rings is 2. The van der Waals surface area contributed by atoms with Crippen molar-refractivity contribution < 1.29 is 37.9 Å². The van der Waals surface area contributed by atoms with Crippen molar-refractivity contribution >= 4 is 57.6 Å². The largest absolute Gasteiger partial charge is 0.491 e. The van der Waals surface area contributed by atoms with Gasteiger partial charge in [-0.05, 0) is 30.3 Å². The van der Waals surface area contributed by atoms with Gasteiger partial charge in [0.15, 0.2) is 24.2 Å². The van der Waals surface area contributed by atoms with Gasteiger partial charge < -0.3 is 39.3 Å². The number of imidazole rings is 2. The van der Waals surface area contributed by atoms with Gasteiger partial charge in [0.25, 0.3) is 11.8 Å². The monoisotopic (exact) mass is 668 g/mol. The number of fused-ring (bicyclic) bond motifs is 2. The van der Waals surface area contributed by atoms with Gasteiger partial charge in [0.1, 0.15) is 23.8 Å². The molecule has 4 aromatic heterocycles. The zero-order chi connectivity index (χ0) is 34.5. The van der Waals surface area contributed by atoms with Crippen molar-refractivity contribution in [2.75, 3.05) is 23.8 Å². The molecule has 0 spiro atoms. The summed E-state index contributed by atoms with van der Waals surface area (Å²) in [4.78, 5) is 66.4. The van der Waals surface area contributed by atoms with Gasteiger partial charge in [0.05, 0.1) is 23.2 Å². The first-order chi connectivity index (χ1) is 23.7. The van der Waals surface area contributed by atoms with Crippen LogP contribution in [0.5, 0.6) is 5.75 Å². The molecular weight excluding hydrogens is 640 g/mol. The molecule has 0 aliphatic rings. The van der Waals surface area contributed by atoms with E-state index in [1.165, 1.54) is 30.7 Å². The average Bonchev–Trinajstić information content (AvgIpc) is 3.90. The first-order valence-corrected chi connectivity index (χ1v) is 14.7. The Hall–Kier alpha value is -6.82. The van der Waals surface area contributed by atoms with Crippen molar-refractivity contribution in [2.24, 2.45) is 11.5 Å². The molecule has 0 aliphatic carbocycles. The molecule has 18 nitrogen and oxygen atoms in total.